The molecule has 5 heteroatoms. The lowest BCUT2D eigenvalue weighted by Gasteiger charge is -2.35. The molecule has 124 valence electrons. The van der Waals surface area contributed by atoms with Crippen molar-refractivity contribution in [3.8, 4) is 0 Å². The maximum absolute atomic E-state index is 10.5. The van der Waals surface area contributed by atoms with Crippen LogP contribution in [0.15, 0.2) is 24.3 Å². The van der Waals surface area contributed by atoms with E-state index in [2.05, 4.69) is 11.8 Å². The van der Waals surface area contributed by atoms with E-state index < -0.39 is 11.7 Å². The minimum atomic E-state index is -0.799. The Balaban J connectivity index is 1.90. The summed E-state index contributed by atoms with van der Waals surface area (Å²) in [5.74, 6) is 0. The fourth-order valence-electron chi connectivity index (χ4n) is 3.00. The molecule has 0 saturated carbocycles. The highest BCUT2D eigenvalue weighted by Gasteiger charge is 2.32. The van der Waals surface area contributed by atoms with Crippen LogP contribution < -0.4 is 0 Å². The number of aliphatic hydroxyl groups is 2. The molecule has 1 heterocycles. The van der Waals surface area contributed by atoms with Crippen LogP contribution in [0, 0.1) is 0 Å². The molecule has 2 rings (SSSR count). The average molecular weight is 328 g/mol. The minimum Gasteiger partial charge on any atom is -0.392 e. The lowest BCUT2D eigenvalue weighted by atomic mass is 9.88. The Hall–Kier alpha value is -0.650. The first-order valence-corrected chi connectivity index (χ1v) is 8.22. The Morgan fingerprint density at radius 2 is 1.95 bits per heavy atom. The molecule has 1 aliphatic rings. The molecule has 4 nitrogen and oxygen atoms in total. The summed E-state index contributed by atoms with van der Waals surface area (Å²) in [6.07, 6.45) is 0.996. The number of likely N-dealkylation sites (N-methyl/N-ethyl adjacent to an activating group) is 1. The quantitative estimate of drug-likeness (QED) is 0.843. The Bertz CT molecular complexity index is 477. The highest BCUT2D eigenvalue weighted by molar-refractivity contribution is 6.31. The molecule has 0 radical (unpaired) electrons. The summed E-state index contributed by atoms with van der Waals surface area (Å²) in [7, 11) is 1.96. The van der Waals surface area contributed by atoms with Crippen LogP contribution in [0.3, 0.4) is 0 Å². The Kier molecular flexibility index (Phi) is 6.24. The number of aliphatic hydroxyl groups excluding tert-OH is 1. The van der Waals surface area contributed by atoms with Gasteiger partial charge >= 0.3 is 0 Å². The van der Waals surface area contributed by atoms with Crippen molar-refractivity contribution in [2.24, 2.45) is 0 Å². The zero-order valence-electron chi connectivity index (χ0n) is 13.3. The van der Waals surface area contributed by atoms with Crippen molar-refractivity contribution >= 4 is 11.6 Å². The molecule has 1 aromatic carbocycles. The van der Waals surface area contributed by atoms with Crippen molar-refractivity contribution in [2.75, 3.05) is 26.8 Å². The van der Waals surface area contributed by atoms with Gasteiger partial charge < -0.3 is 14.9 Å². The molecular formula is C17H26ClNO3. The van der Waals surface area contributed by atoms with E-state index >= 15 is 0 Å². The molecule has 1 saturated heterocycles. The first-order valence-electron chi connectivity index (χ1n) is 7.84. The third-order valence-corrected chi connectivity index (χ3v) is 4.90. The van der Waals surface area contributed by atoms with E-state index in [0.29, 0.717) is 39.0 Å². The molecule has 0 amide bonds. The van der Waals surface area contributed by atoms with Gasteiger partial charge in [0, 0.05) is 37.2 Å². The van der Waals surface area contributed by atoms with Crippen LogP contribution in [0.5, 0.6) is 0 Å². The monoisotopic (exact) mass is 327 g/mol. The van der Waals surface area contributed by atoms with E-state index in [1.54, 1.807) is 0 Å². The number of ether oxygens (including phenoxy) is 1. The number of halogens is 1. The predicted molar refractivity (Wildman–Crippen MR) is 88.1 cm³/mol. The zero-order valence-corrected chi connectivity index (χ0v) is 14.1. The van der Waals surface area contributed by atoms with Gasteiger partial charge in [0.05, 0.1) is 11.7 Å². The van der Waals surface area contributed by atoms with E-state index in [1.165, 1.54) is 0 Å². The van der Waals surface area contributed by atoms with Crippen LogP contribution >= 0.6 is 11.6 Å². The van der Waals surface area contributed by atoms with Crippen molar-refractivity contribution in [2.45, 2.75) is 43.9 Å². The maximum Gasteiger partial charge on any atom is 0.0716 e. The summed E-state index contributed by atoms with van der Waals surface area (Å²) in [6.45, 7) is 3.69. The largest absolute Gasteiger partial charge is 0.392 e. The number of hydrogen-bond acceptors (Lipinski definition) is 4. The summed E-state index contributed by atoms with van der Waals surface area (Å²) in [6, 6.07) is 7.86. The van der Waals surface area contributed by atoms with Crippen molar-refractivity contribution in [1.82, 2.24) is 4.90 Å². The Morgan fingerprint density at radius 1 is 1.32 bits per heavy atom. The van der Waals surface area contributed by atoms with Crippen LogP contribution in [0.1, 0.15) is 37.8 Å². The van der Waals surface area contributed by atoms with Gasteiger partial charge in [-0.1, -0.05) is 29.8 Å². The van der Waals surface area contributed by atoms with Gasteiger partial charge in [-0.2, -0.15) is 0 Å². The first kappa shape index (κ1) is 17.7. The molecule has 1 fully saturated rings. The highest BCUT2D eigenvalue weighted by atomic mass is 35.5. The van der Waals surface area contributed by atoms with E-state index in [4.69, 9.17) is 16.3 Å². The summed E-state index contributed by atoms with van der Waals surface area (Å²) in [4.78, 5) is 2.06. The molecular weight excluding hydrogens is 302 g/mol. The van der Waals surface area contributed by atoms with E-state index in [-0.39, 0.29) is 6.04 Å². The van der Waals surface area contributed by atoms with Gasteiger partial charge in [-0.05, 0) is 38.4 Å². The van der Waals surface area contributed by atoms with Gasteiger partial charge in [-0.25, -0.2) is 0 Å². The van der Waals surface area contributed by atoms with Gasteiger partial charge in [0.1, 0.15) is 0 Å². The lowest BCUT2D eigenvalue weighted by molar-refractivity contribution is -0.0896. The van der Waals surface area contributed by atoms with Crippen LogP contribution in [-0.4, -0.2) is 53.6 Å². The van der Waals surface area contributed by atoms with Crippen LogP contribution in [0.25, 0.3) is 0 Å². The Morgan fingerprint density at radius 3 is 2.59 bits per heavy atom. The van der Waals surface area contributed by atoms with E-state index in [1.807, 2.05) is 31.3 Å². The second-order valence-corrected chi connectivity index (χ2v) is 6.74. The van der Waals surface area contributed by atoms with Crippen molar-refractivity contribution in [1.29, 1.82) is 0 Å². The molecule has 0 aromatic heterocycles. The standard InChI is InChI=1S/C17H26ClNO3/c1-13(15-5-3-4-6-16(15)18)19(2)12-14(20)11-17(21)7-9-22-10-8-17/h3-6,13-14,20-21H,7-12H2,1-2H3. The van der Waals surface area contributed by atoms with Gasteiger partial charge in [-0.3, -0.25) is 4.90 Å². The summed E-state index contributed by atoms with van der Waals surface area (Å²) >= 11 is 6.23. The first-order chi connectivity index (χ1) is 10.4. The number of hydrogen-bond donors (Lipinski definition) is 2. The lowest BCUT2D eigenvalue weighted by Crippen LogP contribution is -2.42. The summed E-state index contributed by atoms with van der Waals surface area (Å²) in [5, 5.41) is 21.5. The van der Waals surface area contributed by atoms with Crippen molar-refractivity contribution in [3.63, 3.8) is 0 Å². The van der Waals surface area contributed by atoms with Gasteiger partial charge in [0.25, 0.3) is 0 Å². The van der Waals surface area contributed by atoms with Gasteiger partial charge in [0.15, 0.2) is 0 Å². The molecule has 22 heavy (non-hydrogen) atoms. The molecule has 2 unspecified atom stereocenters. The second-order valence-electron chi connectivity index (χ2n) is 6.33. The molecule has 1 aliphatic heterocycles. The normalized spacial score (nSPS) is 20.8. The molecule has 0 bridgehead atoms. The summed E-state index contributed by atoms with van der Waals surface area (Å²) in [5.41, 5.74) is 0.246. The van der Waals surface area contributed by atoms with Crippen LogP contribution in [0.4, 0.5) is 0 Å². The van der Waals surface area contributed by atoms with Crippen LogP contribution in [-0.2, 0) is 4.74 Å². The third-order valence-electron chi connectivity index (χ3n) is 4.55. The highest BCUT2D eigenvalue weighted by Crippen LogP contribution is 2.29. The number of nitrogens with zero attached hydrogens (tertiary/aromatic N) is 1. The van der Waals surface area contributed by atoms with E-state index in [9.17, 15) is 10.2 Å². The van der Waals surface area contributed by atoms with Crippen LogP contribution in [0.2, 0.25) is 5.02 Å². The maximum atomic E-state index is 10.5. The average Bonchev–Trinajstić information content (AvgIpc) is 2.47. The van der Waals surface area contributed by atoms with E-state index in [0.717, 1.165) is 10.6 Å². The minimum absolute atomic E-state index is 0.104. The molecule has 1 aromatic rings. The molecule has 2 atom stereocenters. The third kappa shape index (κ3) is 4.67. The SMILES string of the molecule is CC(c1ccccc1Cl)N(C)CC(O)CC1(O)CCOCC1. The second kappa shape index (κ2) is 7.75. The summed E-state index contributed by atoms with van der Waals surface area (Å²) < 4.78 is 5.27. The molecule has 2 N–H and O–H groups in total. The predicted octanol–water partition coefficient (Wildman–Crippen LogP) is 2.63. The van der Waals surface area contributed by atoms with Crippen molar-refractivity contribution in [3.05, 3.63) is 34.9 Å². The number of benzene rings is 1. The smallest absolute Gasteiger partial charge is 0.0716 e. The van der Waals surface area contributed by atoms with Crippen molar-refractivity contribution < 1.29 is 14.9 Å². The van der Waals surface area contributed by atoms with Gasteiger partial charge in [-0.15, -0.1) is 0 Å². The topological polar surface area (TPSA) is 52.9 Å². The molecule has 0 aliphatic carbocycles. The van der Waals surface area contributed by atoms with Gasteiger partial charge in [0.2, 0.25) is 0 Å². The molecule has 0 spiro atoms. The Labute approximate surface area is 137 Å². The fourth-order valence-corrected chi connectivity index (χ4v) is 3.29. The zero-order chi connectivity index (χ0) is 16.2. The fraction of sp³-hybridized carbons (Fsp3) is 0.647. The number of rotatable bonds is 6.